The molecule has 1 unspecified atom stereocenters. The van der Waals surface area contributed by atoms with Crippen molar-refractivity contribution in [1.82, 2.24) is 4.90 Å². The maximum atomic E-state index is 12.6. The lowest BCUT2D eigenvalue weighted by molar-refractivity contribution is -0.129. The third-order valence-corrected chi connectivity index (χ3v) is 3.77. The second kappa shape index (κ2) is 5.87. The molecule has 2 nitrogen and oxygen atoms in total. The average Bonchev–Trinajstić information content (AvgIpc) is 2.30. The van der Waals surface area contributed by atoms with Crippen LogP contribution in [0.4, 0.5) is 0 Å². The molecule has 1 aromatic carbocycles. The maximum absolute atomic E-state index is 12.6. The van der Waals surface area contributed by atoms with Gasteiger partial charge in [0.2, 0.25) is 0 Å². The topological polar surface area (TPSA) is 20.3 Å². The average molecular weight is 261 g/mol. The molecule has 1 atom stereocenters. The van der Waals surface area contributed by atoms with Crippen LogP contribution in [0.2, 0.25) is 0 Å². The summed E-state index contributed by atoms with van der Waals surface area (Å²) >= 11 is 0. The van der Waals surface area contributed by atoms with E-state index in [0.717, 1.165) is 5.56 Å². The number of nitrogens with zero attached hydrogens (tertiary/aromatic N) is 1. The van der Waals surface area contributed by atoms with Crippen LogP contribution in [0, 0.1) is 12.8 Å². The molecule has 0 saturated heterocycles. The predicted octanol–water partition coefficient (Wildman–Crippen LogP) is 3.99. The van der Waals surface area contributed by atoms with E-state index < -0.39 is 0 Å². The minimum atomic E-state index is -0.166. The summed E-state index contributed by atoms with van der Waals surface area (Å²) in [7, 11) is 2.04. The van der Waals surface area contributed by atoms with E-state index in [1.165, 1.54) is 5.56 Å². The predicted molar refractivity (Wildman–Crippen MR) is 81.3 cm³/mol. The lowest BCUT2D eigenvalue weighted by Gasteiger charge is -2.39. The Bertz CT molecular complexity index is 443. The first-order chi connectivity index (χ1) is 8.66. The molecule has 0 radical (unpaired) electrons. The van der Waals surface area contributed by atoms with Crippen LogP contribution >= 0.6 is 0 Å². The van der Waals surface area contributed by atoms with E-state index >= 15 is 0 Å². The molecule has 0 aliphatic rings. The fourth-order valence-electron chi connectivity index (χ4n) is 2.15. The third-order valence-electron chi connectivity index (χ3n) is 3.77. The Labute approximate surface area is 117 Å². The zero-order valence-corrected chi connectivity index (χ0v) is 13.3. The highest BCUT2D eigenvalue weighted by Gasteiger charge is 2.33. The smallest absolute Gasteiger partial charge is 0.157 e. The lowest BCUT2D eigenvalue weighted by atomic mass is 9.89. The molecule has 0 bridgehead atoms. The highest BCUT2D eigenvalue weighted by molar-refractivity contribution is 5.87. The van der Waals surface area contributed by atoms with Crippen molar-refractivity contribution in [3.05, 3.63) is 35.4 Å². The zero-order valence-electron chi connectivity index (χ0n) is 13.3. The minimum Gasteiger partial charge on any atom is -0.297 e. The Morgan fingerprint density at radius 1 is 1.16 bits per heavy atom. The van der Waals surface area contributed by atoms with Gasteiger partial charge < -0.3 is 0 Å². The number of aryl methyl sites for hydroxylation is 1. The Hall–Kier alpha value is -1.15. The molecule has 0 N–H and O–H groups in total. The second-order valence-electron chi connectivity index (χ2n) is 6.60. The van der Waals surface area contributed by atoms with Crippen LogP contribution in [-0.2, 0) is 4.79 Å². The van der Waals surface area contributed by atoms with Gasteiger partial charge in [0, 0.05) is 11.5 Å². The van der Waals surface area contributed by atoms with Gasteiger partial charge in [0.05, 0.1) is 6.04 Å². The molecule has 2 heteroatoms. The Balaban J connectivity index is 3.29. The standard InChI is InChI=1S/C17H27NO/c1-12(2)16(19)15(18(7)17(4,5)6)14-11-9-8-10-13(14)3/h8-12,15H,1-7H3. The van der Waals surface area contributed by atoms with Crippen LogP contribution in [0.1, 0.15) is 51.8 Å². The van der Waals surface area contributed by atoms with Crippen molar-refractivity contribution in [2.24, 2.45) is 5.92 Å². The van der Waals surface area contributed by atoms with E-state index in [0.29, 0.717) is 0 Å². The Morgan fingerprint density at radius 3 is 2.11 bits per heavy atom. The van der Waals surface area contributed by atoms with Gasteiger partial charge in [0.1, 0.15) is 0 Å². The van der Waals surface area contributed by atoms with E-state index in [-0.39, 0.29) is 23.3 Å². The molecule has 0 aliphatic carbocycles. The molecule has 0 amide bonds. The summed E-state index contributed by atoms with van der Waals surface area (Å²) in [5, 5.41) is 0. The molecule has 0 spiro atoms. The quantitative estimate of drug-likeness (QED) is 0.816. The van der Waals surface area contributed by atoms with Gasteiger partial charge in [0.15, 0.2) is 5.78 Å². The number of hydrogen-bond acceptors (Lipinski definition) is 2. The normalized spacial score (nSPS) is 13.9. The highest BCUT2D eigenvalue weighted by Crippen LogP contribution is 2.31. The van der Waals surface area contributed by atoms with E-state index in [4.69, 9.17) is 0 Å². The number of Topliss-reactive ketones (excluding diaryl/α,β-unsaturated/α-hetero) is 1. The van der Waals surface area contributed by atoms with Crippen LogP contribution in [0.25, 0.3) is 0 Å². The zero-order chi connectivity index (χ0) is 14.8. The number of rotatable bonds is 4. The SMILES string of the molecule is Cc1ccccc1C(C(=O)C(C)C)N(C)C(C)(C)C. The first kappa shape index (κ1) is 15.9. The van der Waals surface area contributed by atoms with Crippen LogP contribution in [0.15, 0.2) is 24.3 Å². The van der Waals surface area contributed by atoms with E-state index in [2.05, 4.69) is 44.7 Å². The van der Waals surface area contributed by atoms with Crippen molar-refractivity contribution >= 4 is 5.78 Å². The summed E-state index contributed by atoms with van der Waals surface area (Å²) in [5.41, 5.74) is 2.26. The molecule has 106 valence electrons. The van der Waals surface area contributed by atoms with Gasteiger partial charge in [-0.3, -0.25) is 9.69 Å². The second-order valence-corrected chi connectivity index (χ2v) is 6.60. The monoisotopic (exact) mass is 261 g/mol. The number of likely N-dealkylation sites (N-methyl/N-ethyl adjacent to an activating group) is 1. The van der Waals surface area contributed by atoms with E-state index in [1.54, 1.807) is 0 Å². The van der Waals surface area contributed by atoms with Crippen molar-refractivity contribution in [2.45, 2.75) is 53.1 Å². The summed E-state index contributed by atoms with van der Waals surface area (Å²) in [6.07, 6.45) is 0. The van der Waals surface area contributed by atoms with Crippen LogP contribution < -0.4 is 0 Å². The van der Waals surface area contributed by atoms with Crippen LogP contribution in [0.3, 0.4) is 0 Å². The third kappa shape index (κ3) is 3.66. The molecule has 19 heavy (non-hydrogen) atoms. The van der Waals surface area contributed by atoms with Gasteiger partial charge in [-0.25, -0.2) is 0 Å². The number of carbonyl (C=O) groups is 1. The van der Waals surface area contributed by atoms with Crippen molar-refractivity contribution in [3.8, 4) is 0 Å². The Morgan fingerprint density at radius 2 is 1.68 bits per heavy atom. The van der Waals surface area contributed by atoms with Crippen molar-refractivity contribution in [3.63, 3.8) is 0 Å². The summed E-state index contributed by atoms with van der Waals surface area (Å²) in [5.74, 6) is 0.320. The molecule has 0 heterocycles. The molecule has 0 aromatic heterocycles. The van der Waals surface area contributed by atoms with Gasteiger partial charge in [-0.15, -0.1) is 0 Å². The summed E-state index contributed by atoms with van der Waals surface area (Å²) < 4.78 is 0. The summed E-state index contributed by atoms with van der Waals surface area (Å²) in [4.78, 5) is 14.8. The summed E-state index contributed by atoms with van der Waals surface area (Å²) in [6, 6.07) is 8.02. The van der Waals surface area contributed by atoms with Gasteiger partial charge in [-0.1, -0.05) is 38.1 Å². The van der Waals surface area contributed by atoms with Crippen molar-refractivity contribution in [1.29, 1.82) is 0 Å². The fourth-order valence-corrected chi connectivity index (χ4v) is 2.15. The molecule has 1 rings (SSSR count). The molecule has 1 aromatic rings. The van der Waals surface area contributed by atoms with Gasteiger partial charge >= 0.3 is 0 Å². The molecule has 0 aliphatic heterocycles. The minimum absolute atomic E-state index is 0.0365. The van der Waals surface area contributed by atoms with E-state index in [1.807, 2.05) is 33.0 Å². The molecular weight excluding hydrogens is 234 g/mol. The van der Waals surface area contributed by atoms with Gasteiger partial charge in [-0.2, -0.15) is 0 Å². The molecule has 0 fully saturated rings. The van der Waals surface area contributed by atoms with Crippen molar-refractivity contribution in [2.75, 3.05) is 7.05 Å². The fraction of sp³-hybridized carbons (Fsp3) is 0.588. The van der Waals surface area contributed by atoms with Crippen LogP contribution in [-0.4, -0.2) is 23.3 Å². The Kier molecular flexibility index (Phi) is 4.92. The highest BCUT2D eigenvalue weighted by atomic mass is 16.1. The maximum Gasteiger partial charge on any atom is 0.157 e. The van der Waals surface area contributed by atoms with E-state index in [9.17, 15) is 4.79 Å². The largest absolute Gasteiger partial charge is 0.297 e. The molecule has 0 saturated carbocycles. The van der Waals surface area contributed by atoms with Crippen molar-refractivity contribution < 1.29 is 4.79 Å². The number of benzene rings is 1. The molecular formula is C17H27NO. The number of hydrogen-bond donors (Lipinski definition) is 0. The lowest BCUT2D eigenvalue weighted by Crippen LogP contribution is -2.45. The van der Waals surface area contributed by atoms with Crippen LogP contribution in [0.5, 0.6) is 0 Å². The number of carbonyl (C=O) groups excluding carboxylic acids is 1. The first-order valence-electron chi connectivity index (χ1n) is 6.98. The summed E-state index contributed by atoms with van der Waals surface area (Å²) in [6.45, 7) is 12.5. The first-order valence-corrected chi connectivity index (χ1v) is 6.98. The number of ketones is 1. The van der Waals surface area contributed by atoms with Gasteiger partial charge in [0.25, 0.3) is 0 Å². The van der Waals surface area contributed by atoms with Gasteiger partial charge in [-0.05, 0) is 45.9 Å².